The van der Waals surface area contributed by atoms with Crippen LogP contribution in [-0.4, -0.2) is 0 Å². The Kier molecular flexibility index (Phi) is 5.63. The van der Waals surface area contributed by atoms with Gasteiger partial charge in [-0.05, 0) is 42.0 Å². The Bertz CT molecular complexity index is 295. The standard InChI is InChI=1S/C12H19N.ClH/c1-4-9-7-8-12(13)11(6-3)10(9)5-2;/h7-8H,4-6,13H2,1-3H3;1H/p-1. The van der Waals surface area contributed by atoms with Crippen molar-refractivity contribution in [3.8, 4) is 0 Å². The van der Waals surface area contributed by atoms with E-state index in [-0.39, 0.29) is 12.4 Å². The first kappa shape index (κ1) is 13.3. The van der Waals surface area contributed by atoms with E-state index in [2.05, 4.69) is 26.8 Å². The van der Waals surface area contributed by atoms with Gasteiger partial charge in [0.05, 0.1) is 0 Å². The average Bonchev–Trinajstić information content (AvgIpc) is 2.17. The van der Waals surface area contributed by atoms with Crippen LogP contribution in [0.1, 0.15) is 37.5 Å². The zero-order valence-electron chi connectivity index (χ0n) is 9.23. The molecule has 0 spiro atoms. The van der Waals surface area contributed by atoms with Crippen molar-refractivity contribution in [2.75, 3.05) is 5.73 Å². The molecule has 0 aromatic heterocycles. The summed E-state index contributed by atoms with van der Waals surface area (Å²) in [4.78, 5) is 0. The predicted molar refractivity (Wildman–Crippen MR) is 59.0 cm³/mol. The Hall–Kier alpha value is -0.690. The molecule has 1 nitrogen and oxygen atoms in total. The molecule has 0 aliphatic rings. The largest absolute Gasteiger partial charge is 1.00 e. The lowest BCUT2D eigenvalue weighted by molar-refractivity contribution is -0.00000288. The van der Waals surface area contributed by atoms with Gasteiger partial charge in [0.1, 0.15) is 0 Å². The van der Waals surface area contributed by atoms with Gasteiger partial charge in [0, 0.05) is 5.69 Å². The van der Waals surface area contributed by atoms with E-state index in [1.165, 1.54) is 16.7 Å². The van der Waals surface area contributed by atoms with Gasteiger partial charge in [0.2, 0.25) is 0 Å². The van der Waals surface area contributed by atoms with Crippen LogP contribution in [0, 0.1) is 0 Å². The number of benzene rings is 1. The Morgan fingerprint density at radius 2 is 1.50 bits per heavy atom. The molecule has 14 heavy (non-hydrogen) atoms. The highest BCUT2D eigenvalue weighted by molar-refractivity contribution is 5.54. The van der Waals surface area contributed by atoms with Gasteiger partial charge in [-0.25, -0.2) is 0 Å². The smallest absolute Gasteiger partial charge is 0.0349 e. The highest BCUT2D eigenvalue weighted by atomic mass is 35.5. The fourth-order valence-corrected chi connectivity index (χ4v) is 1.95. The van der Waals surface area contributed by atoms with E-state index in [1.807, 2.05) is 6.07 Å². The quantitative estimate of drug-likeness (QED) is 0.700. The van der Waals surface area contributed by atoms with E-state index in [1.54, 1.807) is 0 Å². The average molecular weight is 213 g/mol. The molecule has 0 unspecified atom stereocenters. The SMILES string of the molecule is CCc1ccc(N)c(CC)c1CC.[Cl-]. The third kappa shape index (κ3) is 2.42. The maximum absolute atomic E-state index is 5.93. The van der Waals surface area contributed by atoms with Gasteiger partial charge in [-0.15, -0.1) is 0 Å². The van der Waals surface area contributed by atoms with Gasteiger partial charge in [0.25, 0.3) is 0 Å². The van der Waals surface area contributed by atoms with Gasteiger partial charge >= 0.3 is 0 Å². The summed E-state index contributed by atoms with van der Waals surface area (Å²) in [6, 6.07) is 4.20. The summed E-state index contributed by atoms with van der Waals surface area (Å²) >= 11 is 0. The van der Waals surface area contributed by atoms with E-state index in [9.17, 15) is 0 Å². The van der Waals surface area contributed by atoms with Crippen LogP contribution in [0.2, 0.25) is 0 Å². The lowest BCUT2D eigenvalue weighted by Crippen LogP contribution is -3.00. The summed E-state index contributed by atoms with van der Waals surface area (Å²) in [5, 5.41) is 0. The van der Waals surface area contributed by atoms with Crippen molar-refractivity contribution >= 4 is 5.69 Å². The van der Waals surface area contributed by atoms with Crippen molar-refractivity contribution in [1.82, 2.24) is 0 Å². The number of aryl methyl sites for hydroxylation is 1. The first-order valence-corrected chi connectivity index (χ1v) is 5.13. The molecule has 0 fully saturated rings. The minimum Gasteiger partial charge on any atom is -1.00 e. The minimum absolute atomic E-state index is 0. The molecule has 2 N–H and O–H groups in total. The van der Waals surface area contributed by atoms with Crippen molar-refractivity contribution in [3.05, 3.63) is 28.8 Å². The number of nitrogen functional groups attached to an aromatic ring is 1. The number of halogens is 1. The molecule has 0 aliphatic carbocycles. The molecule has 0 amide bonds. The predicted octanol–water partition coefficient (Wildman–Crippen LogP) is -0.0400. The van der Waals surface area contributed by atoms with Crippen LogP contribution in [0.25, 0.3) is 0 Å². The molecule has 2 heteroatoms. The normalized spacial score (nSPS) is 9.64. The van der Waals surface area contributed by atoms with Crippen LogP contribution in [0.5, 0.6) is 0 Å². The highest BCUT2D eigenvalue weighted by Gasteiger charge is 2.06. The summed E-state index contributed by atoms with van der Waals surface area (Å²) in [5.74, 6) is 0. The maximum atomic E-state index is 5.93. The lowest BCUT2D eigenvalue weighted by atomic mass is 9.94. The summed E-state index contributed by atoms with van der Waals surface area (Å²) in [5.41, 5.74) is 11.2. The Labute approximate surface area is 93.1 Å². The van der Waals surface area contributed by atoms with Crippen molar-refractivity contribution in [2.24, 2.45) is 0 Å². The van der Waals surface area contributed by atoms with E-state index in [0.29, 0.717) is 0 Å². The minimum atomic E-state index is 0. The number of nitrogens with two attached hydrogens (primary N) is 1. The fourth-order valence-electron chi connectivity index (χ4n) is 1.95. The summed E-state index contributed by atoms with van der Waals surface area (Å²) < 4.78 is 0. The number of anilines is 1. The zero-order valence-corrected chi connectivity index (χ0v) is 9.99. The van der Waals surface area contributed by atoms with Crippen molar-refractivity contribution in [1.29, 1.82) is 0 Å². The lowest BCUT2D eigenvalue weighted by Gasteiger charge is -2.13. The molecule has 0 aliphatic heterocycles. The van der Waals surface area contributed by atoms with E-state index in [0.717, 1.165) is 24.9 Å². The first-order chi connectivity index (χ1) is 6.24. The van der Waals surface area contributed by atoms with Crippen LogP contribution >= 0.6 is 0 Å². The Balaban J connectivity index is 0.00000169. The highest BCUT2D eigenvalue weighted by Crippen LogP contribution is 2.22. The topological polar surface area (TPSA) is 26.0 Å². The van der Waals surface area contributed by atoms with E-state index < -0.39 is 0 Å². The Morgan fingerprint density at radius 1 is 0.929 bits per heavy atom. The summed E-state index contributed by atoms with van der Waals surface area (Å²) in [6.45, 7) is 6.57. The van der Waals surface area contributed by atoms with Gasteiger partial charge in [-0.1, -0.05) is 26.8 Å². The van der Waals surface area contributed by atoms with Crippen LogP contribution < -0.4 is 18.1 Å². The van der Waals surface area contributed by atoms with Crippen LogP contribution in [-0.2, 0) is 19.3 Å². The molecule has 0 saturated carbocycles. The molecular weight excluding hydrogens is 194 g/mol. The summed E-state index contributed by atoms with van der Waals surface area (Å²) in [6.07, 6.45) is 3.25. The second-order valence-electron chi connectivity index (χ2n) is 3.33. The molecule has 1 aromatic carbocycles. The molecule has 0 saturated heterocycles. The van der Waals surface area contributed by atoms with Crippen LogP contribution in [0.3, 0.4) is 0 Å². The van der Waals surface area contributed by atoms with Gasteiger partial charge in [-0.2, -0.15) is 0 Å². The molecule has 1 aromatic rings. The van der Waals surface area contributed by atoms with E-state index >= 15 is 0 Å². The van der Waals surface area contributed by atoms with Crippen molar-refractivity contribution in [3.63, 3.8) is 0 Å². The fraction of sp³-hybridized carbons (Fsp3) is 0.500. The molecule has 0 heterocycles. The van der Waals surface area contributed by atoms with Crippen LogP contribution in [0.15, 0.2) is 12.1 Å². The second-order valence-corrected chi connectivity index (χ2v) is 3.33. The first-order valence-electron chi connectivity index (χ1n) is 5.13. The maximum Gasteiger partial charge on any atom is 0.0349 e. The Morgan fingerprint density at radius 3 is 1.93 bits per heavy atom. The summed E-state index contributed by atoms with van der Waals surface area (Å²) in [7, 11) is 0. The zero-order chi connectivity index (χ0) is 9.84. The molecule has 0 radical (unpaired) electrons. The molecule has 80 valence electrons. The van der Waals surface area contributed by atoms with Gasteiger partial charge < -0.3 is 18.1 Å². The van der Waals surface area contributed by atoms with Crippen molar-refractivity contribution < 1.29 is 12.4 Å². The van der Waals surface area contributed by atoms with Gasteiger partial charge in [-0.3, -0.25) is 0 Å². The number of hydrogen-bond acceptors (Lipinski definition) is 1. The molecular formula is C12H19ClN-. The van der Waals surface area contributed by atoms with E-state index in [4.69, 9.17) is 5.73 Å². The van der Waals surface area contributed by atoms with Crippen molar-refractivity contribution in [2.45, 2.75) is 40.0 Å². The third-order valence-electron chi connectivity index (χ3n) is 2.65. The molecule has 1 rings (SSSR count). The molecule has 0 atom stereocenters. The molecule has 0 bridgehead atoms. The number of hydrogen-bond donors (Lipinski definition) is 1. The third-order valence-corrected chi connectivity index (χ3v) is 2.65. The van der Waals surface area contributed by atoms with Crippen LogP contribution in [0.4, 0.5) is 5.69 Å². The monoisotopic (exact) mass is 212 g/mol. The van der Waals surface area contributed by atoms with Gasteiger partial charge in [0.15, 0.2) is 0 Å². The second kappa shape index (κ2) is 5.92. The number of rotatable bonds is 3.